The number of carboxylic acid groups (broad SMARTS) is 1. The number of carbonyl (C=O) groups is 2. The fourth-order valence-corrected chi connectivity index (χ4v) is 2.90. The lowest BCUT2D eigenvalue weighted by Gasteiger charge is -2.27. The van der Waals surface area contributed by atoms with E-state index in [9.17, 15) is 9.59 Å². The first-order valence-electron chi connectivity index (χ1n) is 6.81. The molecule has 114 valence electrons. The van der Waals surface area contributed by atoms with Crippen LogP contribution in [0.1, 0.15) is 24.4 Å². The van der Waals surface area contributed by atoms with E-state index in [1.165, 1.54) is 0 Å². The molecule has 2 atom stereocenters. The van der Waals surface area contributed by atoms with E-state index in [2.05, 4.69) is 12.6 Å². The van der Waals surface area contributed by atoms with Crippen molar-refractivity contribution in [2.24, 2.45) is 5.92 Å². The van der Waals surface area contributed by atoms with Crippen LogP contribution >= 0.6 is 12.6 Å². The third kappa shape index (κ3) is 3.69. The van der Waals surface area contributed by atoms with Crippen LogP contribution in [0.3, 0.4) is 0 Å². The number of benzene rings is 1. The lowest BCUT2D eigenvalue weighted by Crippen LogP contribution is -2.32. The molecule has 1 aromatic carbocycles. The number of amides is 1. The number of thiol groups is 1. The predicted molar refractivity (Wildman–Crippen MR) is 81.7 cm³/mol. The minimum atomic E-state index is -0.926. The minimum Gasteiger partial charge on any atom is -0.497 e. The van der Waals surface area contributed by atoms with Crippen molar-refractivity contribution in [3.05, 3.63) is 29.8 Å². The highest BCUT2D eigenvalue weighted by Crippen LogP contribution is 2.33. The van der Waals surface area contributed by atoms with E-state index in [1.807, 2.05) is 6.07 Å². The quantitative estimate of drug-likeness (QED) is 0.789. The van der Waals surface area contributed by atoms with Gasteiger partial charge in [-0.25, -0.2) is 0 Å². The lowest BCUT2D eigenvalue weighted by atomic mass is 10.0. The van der Waals surface area contributed by atoms with Crippen LogP contribution in [-0.4, -0.2) is 41.3 Å². The van der Waals surface area contributed by atoms with Gasteiger partial charge in [0.2, 0.25) is 5.91 Å². The number of carboxylic acids is 1. The maximum atomic E-state index is 12.2. The van der Waals surface area contributed by atoms with E-state index in [0.29, 0.717) is 24.5 Å². The van der Waals surface area contributed by atoms with Gasteiger partial charge in [-0.2, -0.15) is 12.6 Å². The van der Waals surface area contributed by atoms with Crippen molar-refractivity contribution < 1.29 is 19.4 Å². The molecule has 1 N–H and O–H groups in total. The topological polar surface area (TPSA) is 66.8 Å². The zero-order valence-corrected chi connectivity index (χ0v) is 12.8. The number of rotatable bonds is 6. The van der Waals surface area contributed by atoms with Crippen molar-refractivity contribution in [2.45, 2.75) is 18.9 Å². The van der Waals surface area contributed by atoms with Gasteiger partial charge in [-0.15, -0.1) is 0 Å². The Morgan fingerprint density at radius 2 is 2.33 bits per heavy atom. The third-order valence-corrected chi connectivity index (χ3v) is 4.24. The first kappa shape index (κ1) is 15.7. The monoisotopic (exact) mass is 309 g/mol. The molecule has 0 aromatic heterocycles. The number of methoxy groups -OCH3 is 1. The number of aliphatic carboxylic acids is 1. The Kier molecular flexibility index (Phi) is 5.12. The van der Waals surface area contributed by atoms with Gasteiger partial charge in [0.05, 0.1) is 19.6 Å². The molecular weight excluding hydrogens is 290 g/mol. The van der Waals surface area contributed by atoms with Crippen LogP contribution in [0.5, 0.6) is 5.75 Å². The van der Waals surface area contributed by atoms with Gasteiger partial charge >= 0.3 is 5.97 Å². The second-order valence-corrected chi connectivity index (χ2v) is 5.55. The summed E-state index contributed by atoms with van der Waals surface area (Å²) in [5, 5.41) is 9.16. The number of hydrogen-bond donors (Lipinski definition) is 2. The minimum absolute atomic E-state index is 0.0110. The Bertz CT molecular complexity index is 534. The number of likely N-dealkylation sites (tertiary alicyclic amines) is 1. The average Bonchev–Trinajstić information content (AvgIpc) is 2.85. The summed E-state index contributed by atoms with van der Waals surface area (Å²) in [5.41, 5.74) is 0.782. The molecule has 0 bridgehead atoms. The van der Waals surface area contributed by atoms with E-state index in [-0.39, 0.29) is 18.2 Å². The molecule has 6 heteroatoms. The molecule has 2 unspecified atom stereocenters. The normalized spacial score (nSPS) is 19.6. The zero-order chi connectivity index (χ0) is 15.4. The average molecular weight is 309 g/mol. The fourth-order valence-electron chi connectivity index (χ4n) is 2.65. The van der Waals surface area contributed by atoms with Gasteiger partial charge in [0.25, 0.3) is 0 Å². The van der Waals surface area contributed by atoms with E-state index in [1.54, 1.807) is 30.2 Å². The van der Waals surface area contributed by atoms with Gasteiger partial charge < -0.3 is 14.7 Å². The van der Waals surface area contributed by atoms with E-state index >= 15 is 0 Å². The molecule has 0 radical (unpaired) electrons. The van der Waals surface area contributed by atoms with E-state index in [0.717, 1.165) is 5.56 Å². The van der Waals surface area contributed by atoms with Crippen molar-refractivity contribution in [1.29, 1.82) is 0 Å². The number of carbonyl (C=O) groups excluding carboxylic acids is 1. The largest absolute Gasteiger partial charge is 0.497 e. The van der Waals surface area contributed by atoms with Crippen LogP contribution in [0.2, 0.25) is 0 Å². The first-order chi connectivity index (χ1) is 10.0. The molecule has 21 heavy (non-hydrogen) atoms. The highest BCUT2D eigenvalue weighted by Gasteiger charge is 2.35. The number of nitrogens with zero attached hydrogens (tertiary/aromatic N) is 1. The second kappa shape index (κ2) is 6.85. The van der Waals surface area contributed by atoms with Crippen LogP contribution in [0.4, 0.5) is 0 Å². The van der Waals surface area contributed by atoms with Crippen molar-refractivity contribution in [2.75, 3.05) is 19.4 Å². The fraction of sp³-hybridized carbons (Fsp3) is 0.467. The van der Waals surface area contributed by atoms with Crippen molar-refractivity contribution in [3.8, 4) is 5.75 Å². The number of hydrogen-bond acceptors (Lipinski definition) is 4. The summed E-state index contributed by atoms with van der Waals surface area (Å²) in [7, 11) is 1.56. The summed E-state index contributed by atoms with van der Waals surface area (Å²) < 4.78 is 5.18. The smallest absolute Gasteiger partial charge is 0.305 e. The van der Waals surface area contributed by atoms with Gasteiger partial charge in [0.15, 0.2) is 0 Å². The molecule has 1 aliphatic heterocycles. The Balaban J connectivity index is 2.29. The molecule has 5 nitrogen and oxygen atoms in total. The maximum Gasteiger partial charge on any atom is 0.305 e. The highest BCUT2D eigenvalue weighted by molar-refractivity contribution is 7.80. The van der Waals surface area contributed by atoms with Gasteiger partial charge in [0, 0.05) is 13.0 Å². The highest BCUT2D eigenvalue weighted by atomic mass is 32.1. The molecular formula is C15H19NO4S. The molecule has 1 aromatic rings. The molecule has 0 spiro atoms. The second-order valence-electron chi connectivity index (χ2n) is 5.19. The predicted octanol–water partition coefficient (Wildman–Crippen LogP) is 1.99. The Morgan fingerprint density at radius 3 is 2.90 bits per heavy atom. The lowest BCUT2D eigenvalue weighted by molar-refractivity contribution is -0.139. The SMILES string of the molecule is COc1cccc(C(CC(=O)O)N2CC(CS)CC2=O)c1. The molecule has 2 rings (SSSR count). The summed E-state index contributed by atoms with van der Waals surface area (Å²) in [4.78, 5) is 25.0. The van der Waals surface area contributed by atoms with Crippen molar-refractivity contribution in [3.63, 3.8) is 0 Å². The summed E-state index contributed by atoms with van der Waals surface area (Å²) in [6, 6.07) is 6.75. The summed E-state index contributed by atoms with van der Waals surface area (Å²) in [6.07, 6.45) is 0.321. The van der Waals surface area contributed by atoms with E-state index in [4.69, 9.17) is 9.84 Å². The van der Waals surface area contributed by atoms with Crippen molar-refractivity contribution in [1.82, 2.24) is 4.90 Å². The van der Waals surface area contributed by atoms with Crippen LogP contribution in [0.15, 0.2) is 24.3 Å². The standard InChI is InChI=1S/C15H19NO4S/c1-20-12-4-2-3-11(6-12)13(7-15(18)19)16-8-10(9-21)5-14(16)17/h2-4,6,10,13,21H,5,7-9H2,1H3,(H,18,19). The zero-order valence-electron chi connectivity index (χ0n) is 11.9. The Morgan fingerprint density at radius 1 is 1.57 bits per heavy atom. The van der Waals surface area contributed by atoms with E-state index < -0.39 is 12.0 Å². The van der Waals surface area contributed by atoms with Crippen LogP contribution in [0.25, 0.3) is 0 Å². The molecule has 1 aliphatic rings. The van der Waals surface area contributed by atoms with Gasteiger partial charge in [0.1, 0.15) is 5.75 Å². The summed E-state index contributed by atoms with van der Waals surface area (Å²) in [6.45, 7) is 0.553. The Labute approximate surface area is 129 Å². The first-order valence-corrected chi connectivity index (χ1v) is 7.44. The van der Waals surface area contributed by atoms with Gasteiger partial charge in [-0.3, -0.25) is 9.59 Å². The van der Waals surface area contributed by atoms with Gasteiger partial charge in [-0.05, 0) is 29.4 Å². The molecule has 1 fully saturated rings. The summed E-state index contributed by atoms with van der Waals surface area (Å²) in [5.74, 6) is 0.524. The van der Waals surface area contributed by atoms with Crippen LogP contribution < -0.4 is 4.74 Å². The van der Waals surface area contributed by atoms with Crippen LogP contribution in [0, 0.1) is 5.92 Å². The summed E-state index contributed by atoms with van der Waals surface area (Å²) >= 11 is 4.24. The Hall–Kier alpha value is -1.69. The number of ether oxygens (including phenoxy) is 1. The molecule has 1 heterocycles. The molecule has 0 aliphatic carbocycles. The maximum absolute atomic E-state index is 12.2. The van der Waals surface area contributed by atoms with Gasteiger partial charge in [-0.1, -0.05) is 12.1 Å². The molecule has 0 saturated carbocycles. The molecule has 1 saturated heterocycles. The van der Waals surface area contributed by atoms with Crippen LogP contribution in [-0.2, 0) is 9.59 Å². The molecule has 1 amide bonds. The van der Waals surface area contributed by atoms with Crippen molar-refractivity contribution >= 4 is 24.5 Å². The third-order valence-electron chi connectivity index (χ3n) is 3.72.